The minimum Gasteiger partial charge on any atom is -0.260 e. The van der Waals surface area contributed by atoms with E-state index in [0.29, 0.717) is 0 Å². The highest BCUT2D eigenvalue weighted by atomic mass is 14.7. The molecule has 0 fully saturated rings. The molecule has 0 radical (unpaired) electrons. The number of aliphatic imine (C=N–C) groups is 1. The van der Waals surface area contributed by atoms with Gasteiger partial charge in [-0.1, -0.05) is 18.2 Å². The van der Waals surface area contributed by atoms with Crippen molar-refractivity contribution in [2.75, 3.05) is 0 Å². The molecule has 1 aliphatic carbocycles. The topological polar surface area (TPSA) is 12.4 Å². The highest BCUT2D eigenvalue weighted by molar-refractivity contribution is 6.05. The fourth-order valence-electron chi connectivity index (χ4n) is 1.55. The van der Waals surface area contributed by atoms with E-state index in [1.165, 1.54) is 29.7 Å². The van der Waals surface area contributed by atoms with Gasteiger partial charge in [0.15, 0.2) is 0 Å². The predicted octanol–water partition coefficient (Wildman–Crippen LogP) is 3.01. The summed E-state index contributed by atoms with van der Waals surface area (Å²) in [6.45, 7) is 2.13. The first-order valence-electron chi connectivity index (χ1n) is 4.45. The molecule has 0 spiro atoms. The minimum atomic E-state index is 1.04. The lowest BCUT2D eigenvalue weighted by Gasteiger charge is -2.06. The molecule has 2 aliphatic rings. The second kappa shape index (κ2) is 3.10. The Labute approximate surface area is 73.2 Å². The van der Waals surface area contributed by atoms with Crippen molar-refractivity contribution < 1.29 is 0 Å². The van der Waals surface area contributed by atoms with E-state index in [-0.39, 0.29) is 0 Å². The summed E-state index contributed by atoms with van der Waals surface area (Å²) in [4.78, 5) is 4.38. The van der Waals surface area contributed by atoms with Gasteiger partial charge in [0.1, 0.15) is 0 Å². The van der Waals surface area contributed by atoms with Gasteiger partial charge in [-0.15, -0.1) is 0 Å². The zero-order chi connectivity index (χ0) is 8.39. The Balaban J connectivity index is 2.13. The Hall–Kier alpha value is -1.11. The van der Waals surface area contributed by atoms with Crippen LogP contribution in [0.25, 0.3) is 0 Å². The van der Waals surface area contributed by atoms with Crippen molar-refractivity contribution in [2.24, 2.45) is 4.99 Å². The van der Waals surface area contributed by atoms with E-state index in [1.807, 2.05) is 6.20 Å². The molecule has 1 nitrogen and oxygen atoms in total. The molecule has 62 valence electrons. The lowest BCUT2D eigenvalue weighted by atomic mass is 10.00. The van der Waals surface area contributed by atoms with Crippen molar-refractivity contribution in [2.45, 2.75) is 26.2 Å². The van der Waals surface area contributed by atoms with Gasteiger partial charge in [-0.05, 0) is 30.9 Å². The van der Waals surface area contributed by atoms with Crippen LogP contribution in [0.2, 0.25) is 0 Å². The number of hydrogen-bond acceptors (Lipinski definition) is 1. The van der Waals surface area contributed by atoms with Crippen molar-refractivity contribution in [3.63, 3.8) is 0 Å². The predicted molar refractivity (Wildman–Crippen MR) is 52.3 cm³/mol. The van der Waals surface area contributed by atoms with E-state index in [4.69, 9.17) is 0 Å². The van der Waals surface area contributed by atoms with Gasteiger partial charge in [0, 0.05) is 12.6 Å². The molecular weight excluding hydrogens is 146 g/mol. The third-order valence-electron chi connectivity index (χ3n) is 2.22. The lowest BCUT2D eigenvalue weighted by Crippen LogP contribution is -1.99. The van der Waals surface area contributed by atoms with E-state index in [2.05, 4.69) is 30.1 Å². The average molecular weight is 159 g/mol. The summed E-state index contributed by atoms with van der Waals surface area (Å²) in [5.74, 6) is 0. The fraction of sp³-hybridized carbons (Fsp3) is 0.364. The normalized spacial score (nSPS) is 21.9. The van der Waals surface area contributed by atoms with Gasteiger partial charge in [-0.3, -0.25) is 4.99 Å². The van der Waals surface area contributed by atoms with E-state index < -0.39 is 0 Å². The zero-order valence-corrected chi connectivity index (χ0v) is 7.38. The molecule has 0 aromatic heterocycles. The van der Waals surface area contributed by atoms with Gasteiger partial charge >= 0.3 is 0 Å². The smallest absolute Gasteiger partial charge is 0.0513 e. The van der Waals surface area contributed by atoms with Gasteiger partial charge in [0.2, 0.25) is 0 Å². The molecule has 0 unspecified atom stereocenters. The van der Waals surface area contributed by atoms with Gasteiger partial charge < -0.3 is 0 Å². The summed E-state index contributed by atoms with van der Waals surface area (Å²) in [6, 6.07) is 0. The van der Waals surface area contributed by atoms with Crippen LogP contribution < -0.4 is 0 Å². The van der Waals surface area contributed by atoms with Crippen molar-refractivity contribution in [1.82, 2.24) is 0 Å². The maximum absolute atomic E-state index is 4.38. The second-order valence-corrected chi connectivity index (χ2v) is 3.37. The SMILES string of the molecule is CC1=CN=C(C2=CCCC=C2)C1. The Morgan fingerprint density at radius 3 is 2.83 bits per heavy atom. The molecule has 1 heterocycles. The molecule has 0 aromatic carbocycles. The Kier molecular flexibility index (Phi) is 1.94. The van der Waals surface area contributed by atoms with E-state index in [0.717, 1.165) is 6.42 Å². The van der Waals surface area contributed by atoms with Gasteiger partial charge in [-0.25, -0.2) is 0 Å². The van der Waals surface area contributed by atoms with Crippen molar-refractivity contribution in [3.05, 3.63) is 35.6 Å². The molecule has 2 rings (SSSR count). The molecule has 0 saturated carbocycles. The van der Waals surface area contributed by atoms with Crippen molar-refractivity contribution in [1.29, 1.82) is 0 Å². The molecule has 0 N–H and O–H groups in total. The summed E-state index contributed by atoms with van der Waals surface area (Å²) in [7, 11) is 0. The quantitative estimate of drug-likeness (QED) is 0.557. The monoisotopic (exact) mass is 159 g/mol. The molecule has 0 saturated heterocycles. The van der Waals surface area contributed by atoms with Gasteiger partial charge in [0.25, 0.3) is 0 Å². The maximum Gasteiger partial charge on any atom is 0.0513 e. The van der Waals surface area contributed by atoms with Crippen LogP contribution in [0, 0.1) is 0 Å². The molecule has 0 bridgehead atoms. The van der Waals surface area contributed by atoms with Crippen molar-refractivity contribution in [3.8, 4) is 0 Å². The number of rotatable bonds is 1. The molecular formula is C11H13N. The molecule has 0 atom stereocenters. The lowest BCUT2D eigenvalue weighted by molar-refractivity contribution is 1.03. The molecule has 0 amide bonds. The summed E-state index contributed by atoms with van der Waals surface area (Å²) >= 11 is 0. The van der Waals surface area contributed by atoms with Gasteiger partial charge in [0.05, 0.1) is 5.71 Å². The Morgan fingerprint density at radius 1 is 1.33 bits per heavy atom. The van der Waals surface area contributed by atoms with E-state index >= 15 is 0 Å². The molecule has 1 heteroatoms. The van der Waals surface area contributed by atoms with Crippen molar-refractivity contribution >= 4 is 5.71 Å². The van der Waals surface area contributed by atoms with Crippen LogP contribution in [0.15, 0.2) is 40.6 Å². The molecule has 0 aromatic rings. The fourth-order valence-corrected chi connectivity index (χ4v) is 1.55. The van der Waals surface area contributed by atoms with Crippen LogP contribution in [-0.4, -0.2) is 5.71 Å². The zero-order valence-electron chi connectivity index (χ0n) is 7.38. The summed E-state index contributed by atoms with van der Waals surface area (Å²) in [6.07, 6.45) is 12.1. The maximum atomic E-state index is 4.38. The number of hydrogen-bond donors (Lipinski definition) is 0. The summed E-state index contributed by atoms with van der Waals surface area (Å²) in [5.41, 5.74) is 3.93. The van der Waals surface area contributed by atoms with Crippen LogP contribution in [0.1, 0.15) is 26.2 Å². The third-order valence-corrected chi connectivity index (χ3v) is 2.22. The Morgan fingerprint density at radius 2 is 2.25 bits per heavy atom. The second-order valence-electron chi connectivity index (χ2n) is 3.37. The summed E-state index contributed by atoms with van der Waals surface area (Å²) in [5, 5.41) is 0. The van der Waals surface area contributed by atoms with E-state index in [1.54, 1.807) is 0 Å². The van der Waals surface area contributed by atoms with Crippen LogP contribution in [-0.2, 0) is 0 Å². The Bertz CT molecular complexity index is 303. The third kappa shape index (κ3) is 1.40. The summed E-state index contributed by atoms with van der Waals surface area (Å²) < 4.78 is 0. The highest BCUT2D eigenvalue weighted by Crippen LogP contribution is 2.20. The standard InChI is InChI=1S/C11H13N/c1-9-7-11(12-8-9)10-5-3-2-4-6-10/h3,5-6,8H,2,4,7H2,1H3. The first kappa shape index (κ1) is 7.53. The van der Waals surface area contributed by atoms with Crippen LogP contribution in [0.3, 0.4) is 0 Å². The largest absolute Gasteiger partial charge is 0.260 e. The highest BCUT2D eigenvalue weighted by Gasteiger charge is 2.10. The molecule has 1 aliphatic heterocycles. The number of allylic oxidation sites excluding steroid dienone is 5. The first-order valence-corrected chi connectivity index (χ1v) is 4.45. The van der Waals surface area contributed by atoms with Crippen LogP contribution >= 0.6 is 0 Å². The van der Waals surface area contributed by atoms with Crippen LogP contribution in [0.4, 0.5) is 0 Å². The van der Waals surface area contributed by atoms with Gasteiger partial charge in [-0.2, -0.15) is 0 Å². The molecule has 12 heavy (non-hydrogen) atoms. The number of nitrogens with zero attached hydrogens (tertiary/aromatic N) is 1. The minimum absolute atomic E-state index is 1.04. The first-order chi connectivity index (χ1) is 5.86. The average Bonchev–Trinajstić information content (AvgIpc) is 2.54. The van der Waals surface area contributed by atoms with Crippen LogP contribution in [0.5, 0.6) is 0 Å². The van der Waals surface area contributed by atoms with E-state index in [9.17, 15) is 0 Å².